The van der Waals surface area contributed by atoms with Crippen molar-refractivity contribution in [3.05, 3.63) is 0 Å². The summed E-state index contributed by atoms with van der Waals surface area (Å²) in [5.74, 6) is -0.350. The second kappa shape index (κ2) is 5.93. The molecule has 2 atom stereocenters. The van der Waals surface area contributed by atoms with Gasteiger partial charge in [0.05, 0.1) is 18.8 Å². The molecule has 5 nitrogen and oxygen atoms in total. The van der Waals surface area contributed by atoms with Crippen molar-refractivity contribution in [1.29, 1.82) is 0 Å². The highest BCUT2D eigenvalue weighted by Crippen LogP contribution is 1.90. The molecule has 1 amide bonds. The second-order valence-corrected chi connectivity index (χ2v) is 2.53. The number of ether oxygens (including phenoxy) is 1. The van der Waals surface area contributed by atoms with Crippen LogP contribution in [0.4, 0.5) is 0 Å². The molecule has 0 saturated carbocycles. The number of aliphatic hydroxyl groups excluding tert-OH is 2. The van der Waals surface area contributed by atoms with E-state index in [9.17, 15) is 4.79 Å². The third-order valence-corrected chi connectivity index (χ3v) is 1.40. The van der Waals surface area contributed by atoms with Gasteiger partial charge in [-0.1, -0.05) is 0 Å². The minimum Gasteiger partial charge on any atom is -0.394 e. The van der Waals surface area contributed by atoms with E-state index in [1.165, 1.54) is 14.0 Å². The number of aliphatic hydroxyl groups is 2. The zero-order chi connectivity index (χ0) is 9.56. The highest BCUT2D eigenvalue weighted by atomic mass is 16.5. The van der Waals surface area contributed by atoms with Crippen molar-refractivity contribution in [2.45, 2.75) is 19.1 Å². The first-order valence-corrected chi connectivity index (χ1v) is 3.69. The number of nitrogens with one attached hydrogen (secondary N) is 1. The first-order valence-electron chi connectivity index (χ1n) is 3.69. The monoisotopic (exact) mass is 177 g/mol. The molecule has 5 heteroatoms. The van der Waals surface area contributed by atoms with Gasteiger partial charge in [-0.2, -0.15) is 0 Å². The zero-order valence-electron chi connectivity index (χ0n) is 7.28. The Morgan fingerprint density at radius 2 is 2.25 bits per heavy atom. The maximum atomic E-state index is 10.9. The average molecular weight is 177 g/mol. The fourth-order valence-corrected chi connectivity index (χ4v) is 0.698. The lowest BCUT2D eigenvalue weighted by Gasteiger charge is -2.18. The molecule has 0 rings (SSSR count). The predicted octanol–water partition coefficient (Wildman–Crippen LogP) is -1.51. The van der Waals surface area contributed by atoms with Crippen LogP contribution in [0.3, 0.4) is 0 Å². The maximum Gasteiger partial charge on any atom is 0.246 e. The molecule has 0 heterocycles. The fraction of sp³-hybridized carbons (Fsp3) is 0.857. The van der Waals surface area contributed by atoms with Crippen LogP contribution in [-0.2, 0) is 9.53 Å². The van der Waals surface area contributed by atoms with Crippen molar-refractivity contribution >= 4 is 5.91 Å². The fourth-order valence-electron chi connectivity index (χ4n) is 0.698. The lowest BCUT2D eigenvalue weighted by Crippen LogP contribution is -2.45. The first-order chi connectivity index (χ1) is 5.61. The van der Waals surface area contributed by atoms with E-state index in [1.807, 2.05) is 0 Å². The van der Waals surface area contributed by atoms with Crippen LogP contribution in [0.2, 0.25) is 0 Å². The molecule has 0 aliphatic heterocycles. The Bertz CT molecular complexity index is 137. The minimum atomic E-state index is -0.768. The molecule has 0 fully saturated rings. The highest BCUT2D eigenvalue weighted by Gasteiger charge is 2.15. The molecule has 0 aromatic rings. The van der Waals surface area contributed by atoms with Crippen molar-refractivity contribution in [2.75, 3.05) is 20.3 Å². The van der Waals surface area contributed by atoms with Crippen LogP contribution in [-0.4, -0.2) is 48.6 Å². The predicted molar refractivity (Wildman–Crippen MR) is 42.6 cm³/mol. The largest absolute Gasteiger partial charge is 0.394 e. The van der Waals surface area contributed by atoms with Gasteiger partial charge in [0.15, 0.2) is 0 Å². The molecule has 0 aromatic carbocycles. The summed E-state index contributed by atoms with van der Waals surface area (Å²) in [4.78, 5) is 10.9. The summed E-state index contributed by atoms with van der Waals surface area (Å²) >= 11 is 0. The van der Waals surface area contributed by atoms with Crippen molar-refractivity contribution in [2.24, 2.45) is 0 Å². The van der Waals surface area contributed by atoms with E-state index in [4.69, 9.17) is 10.2 Å². The molecule has 72 valence electrons. The van der Waals surface area contributed by atoms with E-state index < -0.39 is 12.1 Å². The van der Waals surface area contributed by atoms with E-state index >= 15 is 0 Å². The zero-order valence-corrected chi connectivity index (χ0v) is 7.28. The van der Waals surface area contributed by atoms with Crippen LogP contribution >= 0.6 is 0 Å². The van der Waals surface area contributed by atoms with E-state index in [0.717, 1.165) is 0 Å². The van der Waals surface area contributed by atoms with Crippen molar-refractivity contribution in [3.63, 3.8) is 0 Å². The molecule has 0 saturated heterocycles. The van der Waals surface area contributed by atoms with Crippen LogP contribution in [0.1, 0.15) is 6.92 Å². The van der Waals surface area contributed by atoms with Crippen LogP contribution in [0, 0.1) is 0 Å². The number of methoxy groups -OCH3 is 1. The third-order valence-electron chi connectivity index (χ3n) is 1.40. The summed E-state index contributed by atoms with van der Waals surface area (Å²) in [6, 6.07) is -0.618. The Kier molecular flexibility index (Phi) is 5.61. The Labute approximate surface area is 71.3 Å². The third kappa shape index (κ3) is 4.27. The van der Waals surface area contributed by atoms with E-state index in [1.54, 1.807) is 0 Å². The van der Waals surface area contributed by atoms with Crippen molar-refractivity contribution in [1.82, 2.24) is 5.32 Å². The van der Waals surface area contributed by atoms with Gasteiger partial charge < -0.3 is 20.3 Å². The number of hydrogen-bond donors (Lipinski definition) is 3. The topological polar surface area (TPSA) is 78.8 Å². The summed E-state index contributed by atoms with van der Waals surface area (Å²) in [5.41, 5.74) is 0. The lowest BCUT2D eigenvalue weighted by molar-refractivity contribution is -0.126. The molecule has 2 unspecified atom stereocenters. The summed E-state index contributed by atoms with van der Waals surface area (Å²) in [6.07, 6.45) is -0.768. The SMILES string of the molecule is COCC(=O)NC(CO)C(C)O. The maximum absolute atomic E-state index is 10.9. The smallest absolute Gasteiger partial charge is 0.246 e. The van der Waals surface area contributed by atoms with Gasteiger partial charge in [0.1, 0.15) is 6.61 Å². The van der Waals surface area contributed by atoms with Gasteiger partial charge in [-0.15, -0.1) is 0 Å². The molecule has 0 aliphatic rings. The average Bonchev–Trinajstić information content (AvgIpc) is 2.00. The molecule has 12 heavy (non-hydrogen) atoms. The molecule has 0 bridgehead atoms. The van der Waals surface area contributed by atoms with Gasteiger partial charge in [-0.3, -0.25) is 4.79 Å². The Balaban J connectivity index is 3.77. The van der Waals surface area contributed by atoms with Gasteiger partial charge in [-0.25, -0.2) is 0 Å². The van der Waals surface area contributed by atoms with Gasteiger partial charge in [0.2, 0.25) is 5.91 Å². The van der Waals surface area contributed by atoms with Crippen molar-refractivity contribution in [3.8, 4) is 0 Å². The Morgan fingerprint density at radius 1 is 1.67 bits per heavy atom. The standard InChI is InChI=1S/C7H15NO4/c1-5(10)6(3-9)8-7(11)4-12-2/h5-6,9-10H,3-4H2,1-2H3,(H,8,11). The number of hydrogen-bond acceptors (Lipinski definition) is 4. The van der Waals surface area contributed by atoms with Crippen LogP contribution in [0.15, 0.2) is 0 Å². The minimum absolute atomic E-state index is 0.0663. The van der Waals surface area contributed by atoms with Crippen LogP contribution in [0.5, 0.6) is 0 Å². The van der Waals surface area contributed by atoms with Gasteiger partial charge >= 0.3 is 0 Å². The first kappa shape index (κ1) is 11.4. The van der Waals surface area contributed by atoms with Crippen molar-refractivity contribution < 1.29 is 19.7 Å². The van der Waals surface area contributed by atoms with Gasteiger partial charge in [0, 0.05) is 7.11 Å². The van der Waals surface area contributed by atoms with Crippen LogP contribution < -0.4 is 5.32 Å². The molecule has 0 aromatic heterocycles. The summed E-state index contributed by atoms with van der Waals surface area (Å²) in [5, 5.41) is 20.1. The molecular formula is C7H15NO4. The molecular weight excluding hydrogens is 162 g/mol. The Hall–Kier alpha value is -0.650. The summed E-state index contributed by atoms with van der Waals surface area (Å²) in [6.45, 7) is 1.14. The number of amides is 1. The van der Waals surface area contributed by atoms with E-state index in [2.05, 4.69) is 10.1 Å². The van der Waals surface area contributed by atoms with E-state index in [0.29, 0.717) is 0 Å². The van der Waals surface area contributed by atoms with Crippen LogP contribution in [0.25, 0.3) is 0 Å². The van der Waals surface area contributed by atoms with Gasteiger partial charge in [-0.05, 0) is 6.92 Å². The highest BCUT2D eigenvalue weighted by molar-refractivity contribution is 5.77. The second-order valence-electron chi connectivity index (χ2n) is 2.53. The van der Waals surface area contributed by atoms with Gasteiger partial charge in [0.25, 0.3) is 0 Å². The summed E-state index contributed by atoms with van der Waals surface area (Å²) < 4.78 is 4.55. The normalized spacial score (nSPS) is 15.3. The summed E-state index contributed by atoms with van der Waals surface area (Å²) in [7, 11) is 1.40. The molecule has 0 aliphatic carbocycles. The lowest BCUT2D eigenvalue weighted by atomic mass is 10.2. The molecule has 0 radical (unpaired) electrons. The van der Waals surface area contributed by atoms with E-state index in [-0.39, 0.29) is 19.1 Å². The number of carbonyl (C=O) groups is 1. The number of carbonyl (C=O) groups excluding carboxylic acids is 1. The molecule has 3 N–H and O–H groups in total. The molecule has 0 spiro atoms. The quantitative estimate of drug-likeness (QED) is 0.477. The number of rotatable bonds is 5. The Morgan fingerprint density at radius 3 is 2.58 bits per heavy atom.